The number of aromatic carboxylic acids is 1. The average molecular weight is 1120 g/mol. The molecule has 1 aromatic heterocycles. The van der Waals surface area contributed by atoms with Gasteiger partial charge in [0.05, 0.1) is 36.1 Å². The molecule has 12 atom stereocenters. The van der Waals surface area contributed by atoms with Gasteiger partial charge < -0.3 is 63.4 Å². The molecule has 19 heteroatoms. The number of hydrogen-bond acceptors (Lipinski definition) is 16. The number of carbonyl (C=O) groups excluding carboxylic acids is 2. The summed E-state index contributed by atoms with van der Waals surface area (Å²) in [5, 5.41) is 53.9. The molecule has 7 unspecified atom stereocenters. The first-order valence-corrected chi connectivity index (χ1v) is 28.5. The quantitative estimate of drug-likeness (QED) is 0.0618. The first-order chi connectivity index (χ1) is 38.4. The van der Waals surface area contributed by atoms with E-state index in [4.69, 9.17) is 28.4 Å². The van der Waals surface area contributed by atoms with Crippen molar-refractivity contribution in [1.29, 1.82) is 0 Å². The summed E-state index contributed by atoms with van der Waals surface area (Å²) >= 11 is 0. The lowest BCUT2D eigenvalue weighted by Crippen LogP contribution is -2.81. The summed E-state index contributed by atoms with van der Waals surface area (Å²) < 4.78 is 58.9. The van der Waals surface area contributed by atoms with E-state index in [1.165, 1.54) is 13.3 Å². The smallest absolute Gasteiger partial charge is 0.341 e. The summed E-state index contributed by atoms with van der Waals surface area (Å²) in [6, 6.07) is 2.30. The van der Waals surface area contributed by atoms with E-state index in [0.717, 1.165) is 30.1 Å². The highest BCUT2D eigenvalue weighted by molar-refractivity contribution is 5.97. The van der Waals surface area contributed by atoms with Crippen molar-refractivity contribution in [3.05, 3.63) is 97.6 Å². The van der Waals surface area contributed by atoms with Crippen LogP contribution in [0.2, 0.25) is 0 Å². The number of halogens is 1. The van der Waals surface area contributed by atoms with E-state index >= 15 is 9.18 Å². The molecule has 4 aliphatic carbocycles. The number of rotatable bonds is 15. The van der Waals surface area contributed by atoms with Gasteiger partial charge in [0.1, 0.15) is 58.6 Å². The Bertz CT molecular complexity index is 3270. The predicted molar refractivity (Wildman–Crippen MR) is 297 cm³/mol. The Morgan fingerprint density at radius 2 is 1.63 bits per heavy atom. The number of anilines is 1. The number of aliphatic hydroxyl groups excluding tert-OH is 4. The number of Topliss-reactive ketones (excluding diaryl/α,β-unsaturated/α-hetero) is 1. The number of esters is 1. The molecule has 4 bridgehead atoms. The monoisotopic (exact) mass is 1120 g/mol. The maximum absolute atomic E-state index is 16.5. The van der Waals surface area contributed by atoms with Gasteiger partial charge in [-0.3, -0.25) is 14.5 Å². The lowest BCUT2D eigenvalue weighted by atomic mass is 9.45. The summed E-state index contributed by atoms with van der Waals surface area (Å²) in [5.74, 6) is -3.18. The third-order valence-corrected chi connectivity index (χ3v) is 18.8. The summed E-state index contributed by atoms with van der Waals surface area (Å²) in [4.78, 5) is 59.0. The molecule has 3 aromatic rings. The van der Waals surface area contributed by atoms with Gasteiger partial charge in [0, 0.05) is 90.7 Å². The molecule has 7 fully saturated rings. The van der Waals surface area contributed by atoms with E-state index in [1.54, 1.807) is 23.6 Å². The minimum Gasteiger partial charge on any atom is -0.482 e. The van der Waals surface area contributed by atoms with E-state index in [9.17, 15) is 39.9 Å². The number of carboxylic acids is 1. The van der Waals surface area contributed by atoms with Crippen molar-refractivity contribution < 1.29 is 72.7 Å². The highest BCUT2D eigenvalue weighted by Gasteiger charge is 2.84. The van der Waals surface area contributed by atoms with Crippen molar-refractivity contribution in [2.75, 3.05) is 44.8 Å². The molecule has 81 heavy (non-hydrogen) atoms. The van der Waals surface area contributed by atoms with Gasteiger partial charge in [0.25, 0.3) is 0 Å². The van der Waals surface area contributed by atoms with Crippen LogP contribution in [0.1, 0.15) is 127 Å². The third-order valence-electron chi connectivity index (χ3n) is 18.8. The van der Waals surface area contributed by atoms with E-state index in [1.807, 2.05) is 65.5 Å². The van der Waals surface area contributed by atoms with E-state index in [-0.39, 0.29) is 47.4 Å². The van der Waals surface area contributed by atoms with Crippen LogP contribution in [0.5, 0.6) is 17.2 Å². The average Bonchev–Trinajstić information content (AvgIpc) is 1.76. The molecule has 436 valence electrons. The number of piperazine rings is 1. The van der Waals surface area contributed by atoms with Crippen LogP contribution in [0.3, 0.4) is 0 Å². The summed E-state index contributed by atoms with van der Waals surface area (Å²) in [5.41, 5.74) is -0.936. The molecular weight excluding hydrogens is 1050 g/mol. The van der Waals surface area contributed by atoms with Crippen molar-refractivity contribution in [3.63, 3.8) is 0 Å². The van der Waals surface area contributed by atoms with Crippen molar-refractivity contribution >= 4 is 40.4 Å². The number of aliphatic hydroxyl groups is 4. The van der Waals surface area contributed by atoms with Crippen molar-refractivity contribution in [2.45, 2.75) is 172 Å². The topological polar surface area (TPSA) is 236 Å². The maximum Gasteiger partial charge on any atom is 0.341 e. The second-order valence-corrected chi connectivity index (χ2v) is 25.0. The highest BCUT2D eigenvalue weighted by Crippen LogP contribution is 2.71. The zero-order valence-corrected chi connectivity index (χ0v) is 47.6. The minimum absolute atomic E-state index is 0.00217. The zero-order chi connectivity index (χ0) is 58.0. The van der Waals surface area contributed by atoms with Gasteiger partial charge in [-0.1, -0.05) is 29.4 Å². The van der Waals surface area contributed by atoms with Gasteiger partial charge in [0.15, 0.2) is 17.0 Å². The first kappa shape index (κ1) is 56.9. The van der Waals surface area contributed by atoms with Crippen molar-refractivity contribution in [2.24, 2.45) is 17.8 Å². The van der Waals surface area contributed by atoms with Gasteiger partial charge in [0.2, 0.25) is 11.7 Å². The fourth-order valence-electron chi connectivity index (χ4n) is 14.7. The maximum atomic E-state index is 16.5. The second kappa shape index (κ2) is 20.7. The molecule has 5 aliphatic heterocycles. The Morgan fingerprint density at radius 3 is 2.28 bits per heavy atom. The number of fused-ring (bicyclic) bond motifs is 3. The Hall–Kier alpha value is -5.93. The molecule has 2 aromatic carbocycles. The number of benzene rings is 2. The van der Waals surface area contributed by atoms with Crippen molar-refractivity contribution in [1.82, 2.24) is 9.47 Å². The number of methoxy groups -OCH3 is 1. The molecular formula is C62H76FN3O15. The molecule has 6 heterocycles. The second-order valence-electron chi connectivity index (χ2n) is 25.0. The minimum atomic E-state index is -1.76. The van der Waals surface area contributed by atoms with Gasteiger partial charge in [-0.2, -0.15) is 0 Å². The Labute approximate surface area is 470 Å². The standard InChI is InChI=1S/C62H76FN3O15/c1-31(2)11-10-18-60(8)19-17-36-52(78-58-51(71)50(70)49(69)45(30-67)77-58)39-25-41-47(65-23-21-64(22-24-65)44-28-43-37(26-42(44)63)48(68)40(56(73)74)29-66(43)34-13-14-34)38-27-46-59(6,7)81-61(55(38)72,20-16-33(5)57(75)76-9)62(41,46)80-54(39)35(53(36)79-60)15-12-32(3)4/h11-12,16-17,19,26,28-29,34,38,41,45-47,49-51,58,67,69-71H,10,13-15,18,20-25,27,30H2,1-9H3,(H,73,74)/b33-16-/t38?,41?,45-,46?,47?,49-,50+,51-,58+,60?,61?,62?/m1/s1. The van der Waals surface area contributed by atoms with Gasteiger partial charge in [-0.05, 0) is 125 Å². The van der Waals surface area contributed by atoms with Gasteiger partial charge in [-0.15, -0.1) is 0 Å². The van der Waals surface area contributed by atoms with Crippen LogP contribution < -0.4 is 24.5 Å². The van der Waals surface area contributed by atoms with E-state index in [0.29, 0.717) is 91.1 Å². The van der Waals surface area contributed by atoms with E-state index < -0.39 is 106 Å². The van der Waals surface area contributed by atoms with Crippen LogP contribution in [0.25, 0.3) is 17.0 Å². The van der Waals surface area contributed by atoms with Crippen LogP contribution >= 0.6 is 0 Å². The normalized spacial score (nSPS) is 32.8. The Morgan fingerprint density at radius 1 is 0.914 bits per heavy atom. The van der Waals surface area contributed by atoms with E-state index in [2.05, 4.69) is 17.1 Å². The van der Waals surface area contributed by atoms with Crippen LogP contribution in [0, 0.1) is 23.6 Å². The molecule has 4 saturated carbocycles. The summed E-state index contributed by atoms with van der Waals surface area (Å²) in [7, 11) is 1.30. The molecule has 12 rings (SSSR count). The molecule has 18 nitrogen and oxygen atoms in total. The van der Waals surface area contributed by atoms with Crippen LogP contribution in [0.15, 0.2) is 64.1 Å². The van der Waals surface area contributed by atoms with Crippen molar-refractivity contribution in [3.8, 4) is 17.2 Å². The first-order valence-electron chi connectivity index (χ1n) is 28.5. The lowest BCUT2D eigenvalue weighted by molar-refractivity contribution is -0.277. The molecule has 9 aliphatic rings. The Balaban J connectivity index is 1.07. The van der Waals surface area contributed by atoms with Crippen LogP contribution in [-0.2, 0) is 36.6 Å². The lowest BCUT2D eigenvalue weighted by Gasteiger charge is -2.66. The summed E-state index contributed by atoms with van der Waals surface area (Å²) in [6.07, 6.45) is 7.09. The Kier molecular flexibility index (Phi) is 14.6. The molecule has 0 radical (unpaired) electrons. The summed E-state index contributed by atoms with van der Waals surface area (Å²) in [6.45, 7) is 16.5. The molecule has 3 saturated heterocycles. The molecule has 1 spiro atoms. The number of ketones is 1. The number of allylic oxidation sites excluding steroid dienone is 4. The zero-order valence-electron chi connectivity index (χ0n) is 47.6. The number of hydrogen-bond donors (Lipinski definition) is 5. The highest BCUT2D eigenvalue weighted by atomic mass is 19.1. The number of pyridine rings is 1. The van der Waals surface area contributed by atoms with Crippen LogP contribution in [-0.4, -0.2) is 152 Å². The largest absolute Gasteiger partial charge is 0.482 e. The molecule has 0 amide bonds. The van der Waals surface area contributed by atoms with Gasteiger partial charge in [-0.25, -0.2) is 14.0 Å². The predicted octanol–water partition coefficient (Wildman–Crippen LogP) is 6.53. The number of nitrogens with zero attached hydrogens (tertiary/aromatic N) is 3. The number of carbonyl (C=O) groups is 3. The van der Waals surface area contributed by atoms with Crippen LogP contribution in [0.4, 0.5) is 10.1 Å². The van der Waals surface area contributed by atoms with Gasteiger partial charge >= 0.3 is 11.9 Å². The SMILES string of the molecule is COC(=O)/C(C)=C\CC12OC(C)(C)C3CC(C1=O)C(N1CCN(c4cc5c(cc4F)c(=O)c(C(=O)O)cn5C4CC4)CC1)C1Cc4c(O[C@@H]5O[C@H](CO)[C@@H](O)[C@H](O)[C@H]5O)c5c(c(CC=C(C)C)c4OC132)OC(C)(CCC=C(C)C)C=C5. The number of aromatic nitrogens is 1. The molecule has 5 N–H and O–H groups in total. The number of ether oxygens (including phenoxy) is 6. The fourth-order valence-corrected chi connectivity index (χ4v) is 14.7. The number of carboxylic acid groups (broad SMARTS) is 1. The fraction of sp³-hybridized carbons (Fsp3) is 0.581. The third kappa shape index (κ3) is 9.24.